The number of benzene rings is 1. The molecule has 5 rings (SSSR count). The molecular formula is C26H36N2O3. The molecule has 168 valence electrons. The Morgan fingerprint density at radius 1 is 1.23 bits per heavy atom. The van der Waals surface area contributed by atoms with Crippen molar-refractivity contribution in [2.45, 2.75) is 45.1 Å². The van der Waals surface area contributed by atoms with Crippen LogP contribution in [0, 0.1) is 23.2 Å². The van der Waals surface area contributed by atoms with Crippen molar-refractivity contribution in [1.29, 1.82) is 0 Å². The number of piperazine rings is 1. The molecule has 5 atom stereocenters. The second kappa shape index (κ2) is 8.16. The minimum Gasteiger partial charge on any atom is -0.495 e. The lowest BCUT2D eigenvalue weighted by Gasteiger charge is -2.50. The molecule has 2 saturated heterocycles. The molecule has 2 saturated carbocycles. The molecule has 0 unspecified atom stereocenters. The van der Waals surface area contributed by atoms with Gasteiger partial charge in [0, 0.05) is 38.6 Å². The predicted octanol–water partition coefficient (Wildman–Crippen LogP) is 4.13. The number of fused-ring (bicyclic) bond motifs is 2. The highest BCUT2D eigenvalue weighted by atomic mass is 16.6. The van der Waals surface area contributed by atoms with E-state index in [2.05, 4.69) is 35.4 Å². The van der Waals surface area contributed by atoms with Crippen LogP contribution in [-0.2, 0) is 9.53 Å². The number of anilines is 1. The number of hydrogen-bond donors (Lipinski definition) is 0. The van der Waals surface area contributed by atoms with Gasteiger partial charge in [-0.3, -0.25) is 9.69 Å². The highest BCUT2D eigenvalue weighted by Gasteiger charge is 2.55. The number of hydrogen-bond acceptors (Lipinski definition) is 5. The molecule has 2 heterocycles. The standard InChI is InChI=1S/C26H36N2O3/c1-18-7-6-10-26(2)16-24-19(15-21(18)26)20(25(29)31-24)17-27-11-13-28(14-12-27)22-8-4-5-9-23(22)30-3/h4-5,8-9,19-21,24H,1,6-7,10-17H2,2-3H3/t19-,20+,21+,24-,26-/m1/s1. The second-order valence-electron chi connectivity index (χ2n) is 10.4. The second-order valence-corrected chi connectivity index (χ2v) is 10.4. The molecule has 2 aliphatic heterocycles. The molecule has 0 spiro atoms. The van der Waals surface area contributed by atoms with E-state index in [4.69, 9.17) is 9.47 Å². The number of ether oxygens (including phenoxy) is 2. The summed E-state index contributed by atoms with van der Waals surface area (Å²) >= 11 is 0. The topological polar surface area (TPSA) is 42.0 Å². The highest BCUT2D eigenvalue weighted by Crippen LogP contribution is 2.57. The Morgan fingerprint density at radius 3 is 2.77 bits per heavy atom. The minimum absolute atomic E-state index is 0.0158. The van der Waals surface area contributed by atoms with Gasteiger partial charge in [0.1, 0.15) is 11.9 Å². The van der Waals surface area contributed by atoms with Crippen molar-refractivity contribution >= 4 is 11.7 Å². The average molecular weight is 425 g/mol. The number of carbonyl (C=O) groups is 1. The molecular weight excluding hydrogens is 388 g/mol. The van der Waals surface area contributed by atoms with Crippen LogP contribution in [0.25, 0.3) is 0 Å². The van der Waals surface area contributed by atoms with Crippen LogP contribution in [-0.4, -0.2) is 56.8 Å². The van der Waals surface area contributed by atoms with Crippen molar-refractivity contribution in [3.05, 3.63) is 36.4 Å². The molecule has 5 heteroatoms. The van der Waals surface area contributed by atoms with Crippen LogP contribution in [0.3, 0.4) is 0 Å². The van der Waals surface area contributed by atoms with E-state index < -0.39 is 0 Å². The Hall–Kier alpha value is -2.01. The maximum Gasteiger partial charge on any atom is 0.310 e. The molecule has 1 aromatic carbocycles. The van der Waals surface area contributed by atoms with Crippen LogP contribution >= 0.6 is 0 Å². The number of para-hydroxylation sites is 2. The number of carbonyl (C=O) groups excluding carboxylic acids is 1. The van der Waals surface area contributed by atoms with Gasteiger partial charge in [0.25, 0.3) is 0 Å². The first kappa shape index (κ1) is 20.9. The normalized spacial score (nSPS) is 36.0. The summed E-state index contributed by atoms with van der Waals surface area (Å²) < 4.78 is 11.5. The zero-order chi connectivity index (χ0) is 21.6. The first-order chi connectivity index (χ1) is 15.0. The van der Waals surface area contributed by atoms with Crippen molar-refractivity contribution in [2.24, 2.45) is 23.2 Å². The Labute approximate surface area is 186 Å². The van der Waals surface area contributed by atoms with Gasteiger partial charge >= 0.3 is 5.97 Å². The van der Waals surface area contributed by atoms with Gasteiger partial charge in [-0.2, -0.15) is 0 Å². The quantitative estimate of drug-likeness (QED) is 0.537. The first-order valence-corrected chi connectivity index (χ1v) is 12.0. The molecule has 2 aliphatic carbocycles. The first-order valence-electron chi connectivity index (χ1n) is 12.0. The third kappa shape index (κ3) is 3.75. The van der Waals surface area contributed by atoms with E-state index in [0.717, 1.165) is 63.4 Å². The molecule has 0 amide bonds. The summed E-state index contributed by atoms with van der Waals surface area (Å²) in [5.41, 5.74) is 2.84. The van der Waals surface area contributed by atoms with E-state index in [1.807, 2.05) is 12.1 Å². The Bertz CT molecular complexity index is 847. The van der Waals surface area contributed by atoms with Crippen molar-refractivity contribution in [3.8, 4) is 5.75 Å². The summed E-state index contributed by atoms with van der Waals surface area (Å²) in [7, 11) is 1.73. The van der Waals surface area contributed by atoms with Crippen LogP contribution in [0.15, 0.2) is 36.4 Å². The molecule has 4 fully saturated rings. The van der Waals surface area contributed by atoms with Crippen LogP contribution in [0.2, 0.25) is 0 Å². The average Bonchev–Trinajstić information content (AvgIpc) is 3.06. The lowest BCUT2D eigenvalue weighted by molar-refractivity contribution is -0.146. The number of rotatable bonds is 4. The number of allylic oxidation sites excluding steroid dienone is 1. The minimum atomic E-state index is 0.0158. The van der Waals surface area contributed by atoms with Crippen molar-refractivity contribution in [2.75, 3.05) is 44.7 Å². The molecule has 1 aromatic rings. The molecule has 31 heavy (non-hydrogen) atoms. The summed E-state index contributed by atoms with van der Waals surface area (Å²) in [6.45, 7) is 11.5. The Kier molecular flexibility index (Phi) is 5.49. The largest absolute Gasteiger partial charge is 0.495 e. The van der Waals surface area contributed by atoms with Gasteiger partial charge in [0.15, 0.2) is 0 Å². The fraction of sp³-hybridized carbons (Fsp3) is 0.654. The van der Waals surface area contributed by atoms with Gasteiger partial charge in [-0.25, -0.2) is 0 Å². The molecule has 0 radical (unpaired) electrons. The molecule has 4 aliphatic rings. The van der Waals surface area contributed by atoms with E-state index in [-0.39, 0.29) is 23.4 Å². The maximum absolute atomic E-state index is 12.9. The SMILES string of the molecule is C=C1CCC[C@]2(C)C[C@H]3OC(=O)[C@@H](CN4CCN(c5ccccc5OC)CC4)[C@H]3C[C@@H]12. The van der Waals surface area contributed by atoms with Gasteiger partial charge in [-0.1, -0.05) is 31.2 Å². The van der Waals surface area contributed by atoms with Gasteiger partial charge in [0.2, 0.25) is 0 Å². The van der Waals surface area contributed by atoms with Gasteiger partial charge in [-0.05, 0) is 55.6 Å². The van der Waals surface area contributed by atoms with Gasteiger partial charge < -0.3 is 14.4 Å². The monoisotopic (exact) mass is 424 g/mol. The van der Waals surface area contributed by atoms with Crippen molar-refractivity contribution in [1.82, 2.24) is 4.90 Å². The lowest BCUT2D eigenvalue weighted by Crippen LogP contribution is -2.50. The molecule has 5 nitrogen and oxygen atoms in total. The fourth-order valence-electron chi connectivity index (χ4n) is 6.81. The summed E-state index contributed by atoms with van der Waals surface area (Å²) in [4.78, 5) is 17.7. The summed E-state index contributed by atoms with van der Waals surface area (Å²) in [5, 5.41) is 0. The van der Waals surface area contributed by atoms with Gasteiger partial charge in [0.05, 0.1) is 18.7 Å². The summed E-state index contributed by atoms with van der Waals surface area (Å²) in [5.74, 6) is 1.89. The van der Waals surface area contributed by atoms with Crippen LogP contribution in [0.4, 0.5) is 5.69 Å². The zero-order valence-electron chi connectivity index (χ0n) is 19.0. The third-order valence-corrected chi connectivity index (χ3v) is 8.57. The van der Waals surface area contributed by atoms with E-state index in [1.165, 1.54) is 18.4 Å². The van der Waals surface area contributed by atoms with E-state index >= 15 is 0 Å². The summed E-state index contributed by atoms with van der Waals surface area (Å²) in [6.07, 6.45) is 5.84. The maximum atomic E-state index is 12.9. The predicted molar refractivity (Wildman–Crippen MR) is 122 cm³/mol. The number of methoxy groups -OCH3 is 1. The van der Waals surface area contributed by atoms with E-state index in [1.54, 1.807) is 7.11 Å². The van der Waals surface area contributed by atoms with Crippen LogP contribution in [0.1, 0.15) is 39.0 Å². The summed E-state index contributed by atoms with van der Waals surface area (Å²) in [6, 6.07) is 8.22. The van der Waals surface area contributed by atoms with Crippen LogP contribution in [0.5, 0.6) is 5.75 Å². The smallest absolute Gasteiger partial charge is 0.310 e. The fourth-order valence-corrected chi connectivity index (χ4v) is 6.81. The van der Waals surface area contributed by atoms with E-state index in [0.29, 0.717) is 11.8 Å². The van der Waals surface area contributed by atoms with Gasteiger partial charge in [-0.15, -0.1) is 0 Å². The number of esters is 1. The van der Waals surface area contributed by atoms with Crippen LogP contribution < -0.4 is 9.64 Å². The number of nitrogens with zero attached hydrogens (tertiary/aromatic N) is 2. The Morgan fingerprint density at radius 2 is 2.00 bits per heavy atom. The van der Waals surface area contributed by atoms with E-state index in [9.17, 15) is 4.79 Å². The molecule has 0 N–H and O–H groups in total. The Balaban J connectivity index is 1.23. The molecule has 0 bridgehead atoms. The molecule has 0 aromatic heterocycles. The zero-order valence-corrected chi connectivity index (χ0v) is 19.0. The van der Waals surface area contributed by atoms with Crippen molar-refractivity contribution in [3.63, 3.8) is 0 Å². The lowest BCUT2D eigenvalue weighted by atomic mass is 9.55. The van der Waals surface area contributed by atoms with Crippen molar-refractivity contribution < 1.29 is 14.3 Å². The third-order valence-electron chi connectivity index (χ3n) is 8.57. The highest BCUT2D eigenvalue weighted by molar-refractivity contribution is 5.75.